The Morgan fingerprint density at radius 1 is 1.25 bits per heavy atom. The fourth-order valence-electron chi connectivity index (χ4n) is 2.26. The number of urea groups is 1. The van der Waals surface area contributed by atoms with Gasteiger partial charge in [-0.05, 0) is 37.1 Å². The summed E-state index contributed by atoms with van der Waals surface area (Å²) in [6.45, 7) is 2.24. The lowest BCUT2D eigenvalue weighted by molar-refractivity contribution is 0.224. The minimum atomic E-state index is -0.398. The summed E-state index contributed by atoms with van der Waals surface area (Å²) >= 11 is 6.10. The summed E-state index contributed by atoms with van der Waals surface area (Å²) in [4.78, 5) is 12.1. The summed E-state index contributed by atoms with van der Waals surface area (Å²) in [5, 5.41) is 15.3. The molecule has 0 spiro atoms. The van der Waals surface area contributed by atoms with E-state index in [1.54, 1.807) is 18.2 Å². The van der Waals surface area contributed by atoms with Crippen molar-refractivity contribution in [1.29, 1.82) is 0 Å². The fourth-order valence-corrected chi connectivity index (χ4v) is 2.50. The van der Waals surface area contributed by atoms with Gasteiger partial charge in [-0.1, -0.05) is 41.9 Å². The Balaban J connectivity index is 1.92. The third kappa shape index (κ3) is 5.44. The first-order chi connectivity index (χ1) is 11.6. The van der Waals surface area contributed by atoms with Gasteiger partial charge in [-0.2, -0.15) is 0 Å². The second kappa shape index (κ2) is 9.15. The van der Waals surface area contributed by atoms with Crippen LogP contribution in [0.3, 0.4) is 0 Å². The van der Waals surface area contributed by atoms with E-state index in [4.69, 9.17) is 16.3 Å². The topological polar surface area (TPSA) is 70.6 Å². The van der Waals surface area contributed by atoms with Crippen LogP contribution in [0.5, 0.6) is 5.75 Å². The molecule has 0 saturated heterocycles. The molecule has 0 aliphatic carbocycles. The van der Waals surface area contributed by atoms with Crippen molar-refractivity contribution in [3.63, 3.8) is 0 Å². The maximum Gasteiger partial charge on any atom is 0.319 e. The van der Waals surface area contributed by atoms with Crippen LogP contribution in [-0.2, 0) is 6.42 Å². The van der Waals surface area contributed by atoms with Gasteiger partial charge < -0.3 is 20.5 Å². The molecular weight excluding hydrogens is 328 g/mol. The normalized spacial score (nSPS) is 11.6. The van der Waals surface area contributed by atoms with E-state index in [1.165, 1.54) is 0 Å². The van der Waals surface area contributed by atoms with Crippen LogP contribution >= 0.6 is 11.6 Å². The molecule has 6 heteroatoms. The fraction of sp³-hybridized carbons (Fsp3) is 0.278. The predicted molar refractivity (Wildman–Crippen MR) is 95.8 cm³/mol. The van der Waals surface area contributed by atoms with Gasteiger partial charge in [0.05, 0.1) is 24.3 Å². The van der Waals surface area contributed by atoms with Gasteiger partial charge >= 0.3 is 6.03 Å². The highest BCUT2D eigenvalue weighted by atomic mass is 35.5. The van der Waals surface area contributed by atoms with Crippen molar-refractivity contribution in [2.24, 2.45) is 0 Å². The second-order valence-electron chi connectivity index (χ2n) is 5.25. The van der Waals surface area contributed by atoms with Gasteiger partial charge in [-0.25, -0.2) is 4.79 Å². The van der Waals surface area contributed by atoms with Crippen molar-refractivity contribution in [3.8, 4) is 5.75 Å². The number of rotatable bonds is 7. The van der Waals surface area contributed by atoms with Crippen LogP contribution in [0.4, 0.5) is 10.5 Å². The first kappa shape index (κ1) is 18.1. The molecule has 2 rings (SSSR count). The van der Waals surface area contributed by atoms with Crippen molar-refractivity contribution < 1.29 is 14.6 Å². The third-order valence-electron chi connectivity index (χ3n) is 3.37. The molecule has 0 aliphatic heterocycles. The molecule has 2 amide bonds. The zero-order chi connectivity index (χ0) is 17.4. The SMILES string of the molecule is CCOc1ccc(NC(=O)NC(CO)Cc2ccccc2)cc1Cl. The summed E-state index contributed by atoms with van der Waals surface area (Å²) < 4.78 is 5.35. The van der Waals surface area contributed by atoms with Crippen molar-refractivity contribution in [1.82, 2.24) is 5.32 Å². The third-order valence-corrected chi connectivity index (χ3v) is 3.67. The van der Waals surface area contributed by atoms with Crippen LogP contribution in [0.25, 0.3) is 0 Å². The summed E-state index contributed by atoms with van der Waals surface area (Å²) in [6, 6.07) is 13.9. The highest BCUT2D eigenvalue weighted by Crippen LogP contribution is 2.27. The van der Waals surface area contributed by atoms with Crippen LogP contribution in [-0.4, -0.2) is 30.4 Å². The van der Waals surface area contributed by atoms with Crippen LogP contribution in [0.2, 0.25) is 5.02 Å². The van der Waals surface area contributed by atoms with Gasteiger partial charge in [-0.15, -0.1) is 0 Å². The Bertz CT molecular complexity index is 665. The molecule has 0 radical (unpaired) electrons. The number of hydrogen-bond acceptors (Lipinski definition) is 3. The number of ether oxygens (including phenoxy) is 1. The van der Waals surface area contributed by atoms with E-state index in [9.17, 15) is 9.90 Å². The van der Waals surface area contributed by atoms with Crippen LogP contribution < -0.4 is 15.4 Å². The van der Waals surface area contributed by atoms with E-state index in [2.05, 4.69) is 10.6 Å². The van der Waals surface area contributed by atoms with Crippen LogP contribution in [0.15, 0.2) is 48.5 Å². The Morgan fingerprint density at radius 2 is 2.00 bits per heavy atom. The molecule has 0 bridgehead atoms. The van der Waals surface area contributed by atoms with E-state index >= 15 is 0 Å². The number of aliphatic hydroxyl groups is 1. The molecule has 5 nitrogen and oxygen atoms in total. The highest BCUT2D eigenvalue weighted by Gasteiger charge is 2.13. The van der Waals surface area contributed by atoms with Gasteiger partial charge in [0.2, 0.25) is 0 Å². The maximum absolute atomic E-state index is 12.1. The number of hydrogen-bond donors (Lipinski definition) is 3. The van der Waals surface area contributed by atoms with Crippen LogP contribution in [0.1, 0.15) is 12.5 Å². The number of benzene rings is 2. The van der Waals surface area contributed by atoms with E-state index < -0.39 is 6.03 Å². The lowest BCUT2D eigenvalue weighted by atomic mass is 10.1. The zero-order valence-electron chi connectivity index (χ0n) is 13.5. The quantitative estimate of drug-likeness (QED) is 0.717. The number of carbonyl (C=O) groups is 1. The number of nitrogens with one attached hydrogen (secondary N) is 2. The zero-order valence-corrected chi connectivity index (χ0v) is 14.2. The molecule has 128 valence electrons. The first-order valence-electron chi connectivity index (χ1n) is 7.77. The Kier molecular flexibility index (Phi) is 6.90. The molecule has 0 saturated carbocycles. The summed E-state index contributed by atoms with van der Waals surface area (Å²) in [6.07, 6.45) is 0.550. The van der Waals surface area contributed by atoms with E-state index in [1.807, 2.05) is 37.3 Å². The van der Waals surface area contributed by atoms with Gasteiger partial charge in [0.1, 0.15) is 5.75 Å². The molecule has 3 N–H and O–H groups in total. The van der Waals surface area contributed by atoms with Crippen molar-refractivity contribution >= 4 is 23.3 Å². The van der Waals surface area contributed by atoms with Crippen molar-refractivity contribution in [3.05, 3.63) is 59.1 Å². The van der Waals surface area contributed by atoms with E-state index in [0.717, 1.165) is 5.56 Å². The first-order valence-corrected chi connectivity index (χ1v) is 8.14. The monoisotopic (exact) mass is 348 g/mol. The molecule has 2 aromatic carbocycles. The molecule has 0 fully saturated rings. The van der Waals surface area contributed by atoms with Crippen molar-refractivity contribution in [2.45, 2.75) is 19.4 Å². The number of aliphatic hydroxyl groups excluding tert-OH is 1. The molecule has 0 heterocycles. The Labute approximate surface area is 146 Å². The molecule has 1 unspecified atom stereocenters. The predicted octanol–water partition coefficient (Wildman–Crippen LogP) is 3.46. The van der Waals surface area contributed by atoms with E-state index in [-0.39, 0.29) is 12.6 Å². The van der Waals surface area contributed by atoms with Crippen LogP contribution in [0, 0.1) is 0 Å². The molecule has 1 atom stereocenters. The van der Waals surface area contributed by atoms with E-state index in [0.29, 0.717) is 29.5 Å². The van der Waals surface area contributed by atoms with Gasteiger partial charge in [0.25, 0.3) is 0 Å². The van der Waals surface area contributed by atoms with Gasteiger partial charge in [0.15, 0.2) is 0 Å². The largest absolute Gasteiger partial charge is 0.492 e. The number of carbonyl (C=O) groups excluding carboxylic acids is 1. The smallest absolute Gasteiger partial charge is 0.319 e. The average molecular weight is 349 g/mol. The maximum atomic E-state index is 12.1. The lowest BCUT2D eigenvalue weighted by Gasteiger charge is -2.17. The van der Waals surface area contributed by atoms with Gasteiger partial charge in [0, 0.05) is 5.69 Å². The standard InChI is InChI=1S/C18H21ClN2O3/c1-2-24-17-9-8-14(11-16(17)19)20-18(23)21-15(12-22)10-13-6-4-3-5-7-13/h3-9,11,15,22H,2,10,12H2,1H3,(H2,20,21,23). The number of anilines is 1. The summed E-state index contributed by atoms with van der Waals surface area (Å²) in [5.74, 6) is 0.572. The van der Waals surface area contributed by atoms with Crippen molar-refractivity contribution in [2.75, 3.05) is 18.5 Å². The molecule has 0 aliphatic rings. The summed E-state index contributed by atoms with van der Waals surface area (Å²) in [5.41, 5.74) is 1.60. The number of amides is 2. The minimum Gasteiger partial charge on any atom is -0.492 e. The Morgan fingerprint density at radius 3 is 2.62 bits per heavy atom. The average Bonchev–Trinajstić information content (AvgIpc) is 2.57. The Hall–Kier alpha value is -2.24. The lowest BCUT2D eigenvalue weighted by Crippen LogP contribution is -2.41. The molecule has 24 heavy (non-hydrogen) atoms. The minimum absolute atomic E-state index is 0.146. The second-order valence-corrected chi connectivity index (χ2v) is 5.65. The molecule has 0 aromatic heterocycles. The summed E-state index contributed by atoms with van der Waals surface area (Å²) in [7, 11) is 0. The molecule has 2 aromatic rings. The number of halogens is 1. The highest BCUT2D eigenvalue weighted by molar-refractivity contribution is 6.32. The molecular formula is C18H21ClN2O3. The van der Waals surface area contributed by atoms with Gasteiger partial charge in [-0.3, -0.25) is 0 Å².